The van der Waals surface area contributed by atoms with Crippen LogP contribution in [0.1, 0.15) is 0 Å². The molecule has 0 amide bonds. The van der Waals surface area contributed by atoms with Crippen LogP contribution in [-0.4, -0.2) is 25.0 Å². The molecule has 0 saturated carbocycles. The van der Waals surface area contributed by atoms with E-state index in [0.29, 0.717) is 0 Å². The molecule has 0 bridgehead atoms. The van der Waals surface area contributed by atoms with E-state index in [1.54, 1.807) is 0 Å². The lowest BCUT2D eigenvalue weighted by Gasteiger charge is -2.31. The largest absolute Gasteiger partial charge is 0.544 e. The lowest BCUT2D eigenvalue weighted by Crippen LogP contribution is -2.36. The molecule has 0 fully saturated rings. The van der Waals surface area contributed by atoms with Crippen LogP contribution < -0.4 is 29.2 Å². The monoisotopic (exact) mass is 526 g/mol. The first-order chi connectivity index (χ1) is 15.7. The van der Waals surface area contributed by atoms with Crippen LogP contribution in [0.2, 0.25) is 58.9 Å². The Hall–Kier alpha value is -1.86. The van der Waals surface area contributed by atoms with Gasteiger partial charge in [0.2, 0.25) is 25.0 Å². The van der Waals surface area contributed by atoms with E-state index in [9.17, 15) is 0 Å². The summed E-state index contributed by atoms with van der Waals surface area (Å²) in [6, 6.07) is 25.6. The van der Waals surface area contributed by atoms with Crippen molar-refractivity contribution in [3.05, 3.63) is 72.8 Å². The lowest BCUT2D eigenvalue weighted by molar-refractivity contribution is 0.561. The van der Waals surface area contributed by atoms with Gasteiger partial charge in [0.1, 0.15) is 17.2 Å². The zero-order valence-electron chi connectivity index (χ0n) is 22.1. The van der Waals surface area contributed by atoms with Gasteiger partial charge in [-0.05, 0) is 85.0 Å². The standard InChI is InChI=1S/C27H39O3PSi3/c1-32(2,3)28-22-16-10-13-19-25(22)31(26-20-14-11-17-23(26)29-33(4,5)6)27-21-15-12-18-24(27)30-34(7,8)9/h10-21H,1-9H3. The van der Waals surface area contributed by atoms with Crippen LogP contribution in [0.4, 0.5) is 0 Å². The number of benzene rings is 3. The Balaban J connectivity index is 2.30. The molecular formula is C27H39O3PSi3. The Kier molecular flexibility index (Phi) is 8.18. The van der Waals surface area contributed by atoms with Gasteiger partial charge in [0.05, 0.1) is 0 Å². The third kappa shape index (κ3) is 7.57. The van der Waals surface area contributed by atoms with Crippen molar-refractivity contribution in [2.75, 3.05) is 0 Å². The molecule has 182 valence electrons. The van der Waals surface area contributed by atoms with Crippen molar-refractivity contribution in [2.24, 2.45) is 0 Å². The lowest BCUT2D eigenvalue weighted by atomic mass is 10.3. The van der Waals surface area contributed by atoms with Gasteiger partial charge in [-0.2, -0.15) is 0 Å². The summed E-state index contributed by atoms with van der Waals surface area (Å²) in [7, 11) is -6.43. The van der Waals surface area contributed by atoms with Gasteiger partial charge >= 0.3 is 0 Å². The van der Waals surface area contributed by atoms with Crippen molar-refractivity contribution in [1.82, 2.24) is 0 Å². The number of hydrogen-bond donors (Lipinski definition) is 0. The highest BCUT2D eigenvalue weighted by Gasteiger charge is 2.30. The molecule has 0 unspecified atom stereocenters. The van der Waals surface area contributed by atoms with Crippen molar-refractivity contribution in [3.8, 4) is 17.2 Å². The molecule has 3 aromatic carbocycles. The average Bonchev–Trinajstić information content (AvgIpc) is 2.68. The maximum absolute atomic E-state index is 6.63. The van der Waals surface area contributed by atoms with Crippen molar-refractivity contribution in [1.29, 1.82) is 0 Å². The average molecular weight is 527 g/mol. The Labute approximate surface area is 210 Å². The summed E-state index contributed by atoms with van der Waals surface area (Å²) >= 11 is 0. The predicted octanol–water partition coefficient (Wildman–Crippen LogP) is 7.09. The normalized spacial score (nSPS) is 12.5. The molecule has 0 saturated heterocycles. The van der Waals surface area contributed by atoms with E-state index in [0.717, 1.165) is 17.2 Å². The summed E-state index contributed by atoms with van der Waals surface area (Å²) in [4.78, 5) is 0. The third-order valence-corrected chi connectivity index (χ3v) is 9.62. The molecule has 0 aromatic heterocycles. The van der Waals surface area contributed by atoms with Crippen molar-refractivity contribution in [3.63, 3.8) is 0 Å². The maximum Gasteiger partial charge on any atom is 0.242 e. The zero-order valence-corrected chi connectivity index (χ0v) is 26.0. The van der Waals surface area contributed by atoms with Gasteiger partial charge in [0.15, 0.2) is 0 Å². The first-order valence-corrected chi connectivity index (χ1v) is 23.4. The molecule has 0 radical (unpaired) electrons. The minimum absolute atomic E-state index is 0.971. The number of hydrogen-bond acceptors (Lipinski definition) is 3. The van der Waals surface area contributed by atoms with E-state index in [-0.39, 0.29) is 0 Å². The number of rotatable bonds is 9. The van der Waals surface area contributed by atoms with Gasteiger partial charge in [-0.3, -0.25) is 0 Å². The van der Waals surface area contributed by atoms with Crippen LogP contribution in [0.15, 0.2) is 72.8 Å². The second kappa shape index (κ2) is 10.4. The quantitative estimate of drug-likeness (QED) is 0.220. The van der Waals surface area contributed by atoms with E-state index in [2.05, 4.69) is 132 Å². The van der Waals surface area contributed by atoms with Gasteiger partial charge < -0.3 is 13.3 Å². The fraction of sp³-hybridized carbons (Fsp3) is 0.333. The summed E-state index contributed by atoms with van der Waals surface area (Å²) in [5.41, 5.74) is 0. The van der Waals surface area contributed by atoms with Crippen LogP contribution in [0.5, 0.6) is 17.2 Å². The Morgan fingerprint density at radius 3 is 0.882 bits per heavy atom. The molecule has 3 nitrogen and oxygen atoms in total. The molecular weight excluding hydrogens is 488 g/mol. The zero-order chi connectivity index (χ0) is 25.1. The Bertz CT molecular complexity index is 973. The summed E-state index contributed by atoms with van der Waals surface area (Å²) in [5, 5.41) is 3.62. The van der Waals surface area contributed by atoms with Crippen molar-refractivity contribution < 1.29 is 13.3 Å². The SMILES string of the molecule is C[Si](C)(C)Oc1ccccc1P(c1ccccc1O[Si](C)(C)C)c1ccccc1O[Si](C)(C)C. The first kappa shape index (κ1) is 26.7. The number of para-hydroxylation sites is 3. The minimum atomic E-state index is -1.82. The molecule has 0 atom stereocenters. The fourth-order valence-electron chi connectivity index (χ4n) is 3.56. The molecule has 0 aliphatic heterocycles. The third-order valence-electron chi connectivity index (χ3n) is 4.57. The Morgan fingerprint density at radius 1 is 0.412 bits per heavy atom. The van der Waals surface area contributed by atoms with E-state index in [4.69, 9.17) is 13.3 Å². The summed E-state index contributed by atoms with van der Waals surface area (Å²) < 4.78 is 19.9. The molecule has 3 rings (SSSR count). The van der Waals surface area contributed by atoms with Crippen LogP contribution in [-0.2, 0) is 0 Å². The van der Waals surface area contributed by atoms with Crippen LogP contribution in [0, 0.1) is 0 Å². The molecule has 3 aromatic rings. The molecule has 0 aliphatic rings. The first-order valence-electron chi connectivity index (χ1n) is 11.9. The minimum Gasteiger partial charge on any atom is -0.544 e. The fourth-order valence-corrected chi connectivity index (χ4v) is 8.84. The highest BCUT2D eigenvalue weighted by Crippen LogP contribution is 2.43. The van der Waals surface area contributed by atoms with Crippen LogP contribution >= 0.6 is 7.92 Å². The second-order valence-electron chi connectivity index (χ2n) is 11.4. The van der Waals surface area contributed by atoms with Crippen LogP contribution in [0.3, 0.4) is 0 Å². The van der Waals surface area contributed by atoms with Gasteiger partial charge in [0.25, 0.3) is 0 Å². The smallest absolute Gasteiger partial charge is 0.242 e. The van der Waals surface area contributed by atoms with Crippen molar-refractivity contribution >= 4 is 48.8 Å². The summed E-state index contributed by atoms with van der Waals surface area (Å²) in [6.07, 6.45) is 0. The van der Waals surface area contributed by atoms with E-state index < -0.39 is 32.9 Å². The maximum atomic E-state index is 6.63. The van der Waals surface area contributed by atoms with Crippen LogP contribution in [0.25, 0.3) is 0 Å². The van der Waals surface area contributed by atoms with Gasteiger partial charge in [-0.25, -0.2) is 0 Å². The molecule has 0 heterocycles. The Morgan fingerprint density at radius 2 is 0.647 bits per heavy atom. The topological polar surface area (TPSA) is 27.7 Å². The predicted molar refractivity (Wildman–Crippen MR) is 157 cm³/mol. The molecule has 0 spiro atoms. The van der Waals surface area contributed by atoms with E-state index >= 15 is 0 Å². The molecule has 0 aliphatic carbocycles. The van der Waals surface area contributed by atoms with Gasteiger partial charge in [-0.1, -0.05) is 54.6 Å². The highest BCUT2D eigenvalue weighted by molar-refractivity contribution is 7.80. The second-order valence-corrected chi connectivity index (χ2v) is 26.8. The highest BCUT2D eigenvalue weighted by atomic mass is 31.1. The van der Waals surface area contributed by atoms with E-state index in [1.165, 1.54) is 15.9 Å². The molecule has 7 heteroatoms. The van der Waals surface area contributed by atoms with E-state index in [1.807, 2.05) is 0 Å². The summed E-state index contributed by atoms with van der Waals surface area (Å²) in [5.74, 6) is 2.91. The molecule has 34 heavy (non-hydrogen) atoms. The molecule has 0 N–H and O–H groups in total. The van der Waals surface area contributed by atoms with Gasteiger partial charge in [-0.15, -0.1) is 0 Å². The van der Waals surface area contributed by atoms with Gasteiger partial charge in [0, 0.05) is 15.9 Å². The summed E-state index contributed by atoms with van der Waals surface area (Å²) in [6.45, 7) is 20.1. The van der Waals surface area contributed by atoms with Crippen molar-refractivity contribution in [2.45, 2.75) is 58.9 Å².